The van der Waals surface area contributed by atoms with Crippen LogP contribution in [-0.4, -0.2) is 174 Å². The van der Waals surface area contributed by atoms with Crippen molar-refractivity contribution < 1.29 is 66.4 Å². The van der Waals surface area contributed by atoms with Gasteiger partial charge in [0, 0.05) is 109 Å². The molecule has 0 aromatic rings. The SMILES string of the molecule is CCO[Si](OCC)(OCC)C1(S(S)(SS)C(=C(C)C(C(CC(C)CCCC(C)CCCCC(C)CCCC(C)CCCC(C)C)S(S)(SS)C2([Si](OCC)(OCC)OCC)CC3CCC2(CC)C3)(S(S)(SS)C2([Si](OCC)(OCC)OCC)CC3CCC2(CC)C3)S(S)(SS)C2([Si](OCC)(OCC)OCC)CC3CCC2(CC)C3)S(S)(SS)C2([Si](OCC)(OCC)OCC)CC3CCC2(CC)C3)CC2CCC1(CC)C2. The summed E-state index contributed by atoms with van der Waals surface area (Å²) in [6, 6.07) is 0. The first kappa shape index (κ1) is 134. The molecule has 10 fully saturated rings. The van der Waals surface area contributed by atoms with Crippen LogP contribution in [0.2, 0.25) is 0 Å². The summed E-state index contributed by atoms with van der Waals surface area (Å²) in [5, 5.41) is -0.724. The van der Waals surface area contributed by atoms with Crippen molar-refractivity contribution in [2.75, 3.05) is 99.1 Å². The topological polar surface area (TPSA) is 138 Å². The Labute approximate surface area is 969 Å². The molecule has 0 aliphatic heterocycles. The van der Waals surface area contributed by atoms with Crippen LogP contribution < -0.4 is 0 Å². The molecule has 25 unspecified atom stereocenters. The quantitative estimate of drug-likeness (QED) is 0.0122. The summed E-state index contributed by atoms with van der Waals surface area (Å²) in [5.41, 5.74) is -1.73. The van der Waals surface area contributed by atoms with Gasteiger partial charge in [-0.2, -0.15) is 0 Å². The summed E-state index contributed by atoms with van der Waals surface area (Å²) in [6.45, 7) is 67.9. The Bertz CT molecular complexity index is 3780. The molecule has 15 nitrogen and oxygen atoms in total. The summed E-state index contributed by atoms with van der Waals surface area (Å²) < 4.78 is 120. The third kappa shape index (κ3) is 21.8. The molecule has 145 heavy (non-hydrogen) atoms. The van der Waals surface area contributed by atoms with Gasteiger partial charge < -0.3 is 66.4 Å². The lowest BCUT2D eigenvalue weighted by molar-refractivity contribution is 0.0330. The number of unbranched alkanes of at least 4 members (excludes halogenated alkanes) is 1. The summed E-state index contributed by atoms with van der Waals surface area (Å²) in [6.07, 6.45) is 38.2. The second kappa shape index (κ2) is 56.3. The molecule has 10 bridgehead atoms. The zero-order valence-electron chi connectivity index (χ0n) is 95.2. The van der Waals surface area contributed by atoms with E-state index in [0.717, 1.165) is 182 Å². The van der Waals surface area contributed by atoms with Gasteiger partial charge in [-0.3, -0.25) is 0 Å². The Kier molecular flexibility index (Phi) is 52.0. The molecule has 860 valence electrons. The van der Waals surface area contributed by atoms with Gasteiger partial charge in [0.05, 0.1) is 21.9 Å². The summed E-state index contributed by atoms with van der Waals surface area (Å²) in [5.74, 6) is 3.79. The van der Waals surface area contributed by atoms with Crippen molar-refractivity contribution in [2.24, 2.45) is 86.3 Å². The smallest absolute Gasteiger partial charge is 0.373 e. The first-order chi connectivity index (χ1) is 69.1. The Hall–Kier alpha value is 7.22. The predicted molar refractivity (Wildman–Crippen MR) is 691 cm³/mol. The van der Waals surface area contributed by atoms with E-state index in [2.05, 4.69) is 187 Å². The Morgan fingerprint density at radius 1 is 0.283 bits per heavy atom. The third-order valence-electron chi connectivity index (χ3n) is 39.0. The fourth-order valence-corrected chi connectivity index (χ4v) is 143. The van der Waals surface area contributed by atoms with E-state index in [1.54, 1.807) is 49.1 Å². The number of thiol groups is 10. The molecule has 0 spiro atoms. The van der Waals surface area contributed by atoms with Crippen LogP contribution in [0.3, 0.4) is 0 Å². The number of rotatable bonds is 76. The van der Waals surface area contributed by atoms with Crippen molar-refractivity contribution in [3.8, 4) is 0 Å². The van der Waals surface area contributed by atoms with Crippen molar-refractivity contribution in [1.82, 2.24) is 0 Å². The van der Waals surface area contributed by atoms with Crippen LogP contribution in [-0.2, 0) is 66.4 Å². The van der Waals surface area contributed by atoms with E-state index >= 15 is 0 Å². The van der Waals surface area contributed by atoms with Crippen LogP contribution in [0.4, 0.5) is 0 Å². The van der Waals surface area contributed by atoms with Gasteiger partial charge in [-0.25, -0.2) is 0 Å². The predicted octanol–water partition coefficient (Wildman–Crippen LogP) is 37.3. The van der Waals surface area contributed by atoms with Gasteiger partial charge in [-0.15, -0.1) is 141 Å². The lowest BCUT2D eigenvalue weighted by Gasteiger charge is -2.80. The van der Waals surface area contributed by atoms with Gasteiger partial charge in [-0.05, 0) is 419 Å². The van der Waals surface area contributed by atoms with E-state index in [-0.39, 0.29) is 35.5 Å². The second-order valence-electron chi connectivity index (χ2n) is 45.9. The van der Waals surface area contributed by atoms with E-state index in [9.17, 15) is 0 Å². The highest BCUT2D eigenvalue weighted by molar-refractivity contribution is 9.44. The van der Waals surface area contributed by atoms with Gasteiger partial charge in [-0.1, -0.05) is 176 Å². The van der Waals surface area contributed by atoms with Crippen LogP contribution >= 0.6 is 206 Å². The van der Waals surface area contributed by atoms with Crippen molar-refractivity contribution >= 4 is 250 Å². The van der Waals surface area contributed by atoms with Crippen LogP contribution in [0.1, 0.15) is 437 Å². The van der Waals surface area contributed by atoms with Crippen molar-refractivity contribution in [3.63, 3.8) is 0 Å². The molecule has 0 saturated heterocycles. The van der Waals surface area contributed by atoms with E-state index in [4.69, 9.17) is 183 Å². The lowest BCUT2D eigenvalue weighted by Crippen LogP contribution is -2.78. The van der Waals surface area contributed by atoms with E-state index < -0.39 is 143 Å². The molecule has 0 heterocycles. The van der Waals surface area contributed by atoms with E-state index in [1.807, 2.05) is 0 Å². The standard InChI is InChI=1S/C105H210O15S20Si5/c1-28-95-66-61-88(72-95)77-100(95,141(106-33-6,107-34-7)108-35-8)136(126,131-121)93(71-86(26)60-52-59-84(24)55-49-48-54-83(23)57-51-58-85(25)56-50-53-82(21)22)105(139(129,134-124)103(80-91-64-69-98(103,31-4)75-91)144(115-42-15,116-43-16)117-44-17,140(130,135-125)104(81-92-65-70-99(104,32-5)76-92)145(118-45-18,119-46-19)120-47-20)87(27)94(137(127,132-122)101(78-89-62-67-96(101,29-2)73-89)142(109-36-9,110-37-10)111-38-11)138(128,133-123)102(79-90-63-68-97(102,30-3)74-90)143(112-39-12,113-40-13)114-41-14/h82-86,88-93,121-130H,28-81H2,1-27H3. The Morgan fingerprint density at radius 2 is 0.497 bits per heavy atom. The van der Waals surface area contributed by atoms with Crippen molar-refractivity contribution in [3.05, 3.63) is 9.81 Å². The molecule has 25 atom stereocenters. The molecular weight excluding hydrogens is 2280 g/mol. The molecule has 0 radical (unpaired) electrons. The minimum absolute atomic E-state index is 0.0406. The average Bonchev–Trinajstić information content (AvgIpc) is 1.55. The fourth-order valence-electron chi connectivity index (χ4n) is 33.8. The zero-order valence-corrected chi connectivity index (χ0v) is 117. The number of fused-ring (bicyclic) bond motifs is 10. The largest absolute Gasteiger partial charge is 0.518 e. The zero-order chi connectivity index (χ0) is 107. The maximum Gasteiger partial charge on any atom is 0.518 e. The monoisotopic (exact) mass is 2490 g/mol. The maximum atomic E-state index is 8.52. The molecule has 0 N–H and O–H groups in total. The Balaban J connectivity index is 1.64. The number of hydrogen-bond acceptors (Lipinski definition) is 30. The van der Waals surface area contributed by atoms with Gasteiger partial charge in [0.25, 0.3) is 0 Å². The summed E-state index contributed by atoms with van der Waals surface area (Å²) >= 11 is 73.0. The van der Waals surface area contributed by atoms with Crippen LogP contribution in [0.15, 0.2) is 9.81 Å². The minimum Gasteiger partial charge on any atom is -0.373 e. The minimum atomic E-state index is -4.60. The summed E-state index contributed by atoms with van der Waals surface area (Å²) in [7, 11) is -31.5. The normalized spacial score (nSPS) is 34.5. The molecule has 10 aliphatic carbocycles. The first-order valence-electron chi connectivity index (χ1n) is 57.8. The number of hydrogen-bond donors (Lipinski definition) is 10. The van der Waals surface area contributed by atoms with E-state index in [1.165, 1.54) is 64.2 Å². The van der Waals surface area contributed by atoms with Gasteiger partial charge in [0.15, 0.2) is 0 Å². The van der Waals surface area contributed by atoms with Gasteiger partial charge in [0.2, 0.25) is 0 Å². The molecule has 10 saturated carbocycles. The molecule has 10 aliphatic rings. The van der Waals surface area contributed by atoms with Crippen molar-refractivity contribution in [1.29, 1.82) is 0 Å². The van der Waals surface area contributed by atoms with Crippen LogP contribution in [0.25, 0.3) is 0 Å². The van der Waals surface area contributed by atoms with Crippen LogP contribution in [0.5, 0.6) is 0 Å². The Morgan fingerprint density at radius 3 is 0.724 bits per heavy atom. The van der Waals surface area contributed by atoms with Crippen molar-refractivity contribution in [2.45, 2.75) is 469 Å². The first-order valence-corrected chi connectivity index (χ1v) is 91.8. The van der Waals surface area contributed by atoms with Crippen LogP contribution in [0, 0.1) is 86.3 Å². The third-order valence-corrected chi connectivity index (χ3v) is 129. The second-order valence-corrected chi connectivity index (χ2v) is 103. The van der Waals surface area contributed by atoms with Gasteiger partial charge >= 0.3 is 44.0 Å². The molecule has 0 aromatic carbocycles. The maximum absolute atomic E-state index is 8.52. The van der Waals surface area contributed by atoms with Gasteiger partial charge in [0.1, 0.15) is 4.08 Å². The highest BCUT2D eigenvalue weighted by Gasteiger charge is 2.95. The molecule has 40 heteroatoms. The molecule has 0 aromatic heterocycles. The molecule has 10 rings (SSSR count). The van der Waals surface area contributed by atoms with E-state index in [0.29, 0.717) is 137 Å². The average molecular weight is 2490 g/mol. The highest BCUT2D eigenvalue weighted by Crippen LogP contribution is 3.11. The fraction of sp³-hybridized carbons (Fsp3) is 0.981. The molecular formula is C105H210O15S20Si5. The highest BCUT2D eigenvalue weighted by atomic mass is 33.8. The summed E-state index contributed by atoms with van der Waals surface area (Å²) in [4.78, 5) is 0. The molecule has 0 amide bonds. The lowest BCUT2D eigenvalue weighted by atomic mass is 9.80.